The summed E-state index contributed by atoms with van der Waals surface area (Å²) in [6.07, 6.45) is 2.54. The zero-order valence-electron chi connectivity index (χ0n) is 10.9. The van der Waals surface area contributed by atoms with Gasteiger partial charge in [0.15, 0.2) is 6.04 Å². The lowest BCUT2D eigenvalue weighted by Gasteiger charge is -2.12. The SMILES string of the molecule is CCc1nn(C)cc1CNC(=O)N[C@H](CO)C(=O)O. The second-order valence-electron chi connectivity index (χ2n) is 4.03. The molecule has 0 saturated heterocycles. The molecule has 4 N–H and O–H groups in total. The molecule has 0 spiro atoms. The van der Waals surface area contributed by atoms with Crippen LogP contribution in [0.3, 0.4) is 0 Å². The maximum atomic E-state index is 11.5. The summed E-state index contributed by atoms with van der Waals surface area (Å²) in [5.41, 5.74) is 1.75. The Labute approximate surface area is 110 Å². The molecule has 1 aromatic heterocycles. The number of rotatable bonds is 6. The highest BCUT2D eigenvalue weighted by Crippen LogP contribution is 2.06. The van der Waals surface area contributed by atoms with Crippen molar-refractivity contribution < 1.29 is 19.8 Å². The molecule has 0 fully saturated rings. The zero-order valence-corrected chi connectivity index (χ0v) is 10.9. The number of hydrogen-bond acceptors (Lipinski definition) is 4. The van der Waals surface area contributed by atoms with Crippen molar-refractivity contribution in [2.24, 2.45) is 7.05 Å². The number of urea groups is 1. The van der Waals surface area contributed by atoms with Gasteiger partial charge in [0.1, 0.15) is 0 Å². The van der Waals surface area contributed by atoms with Gasteiger partial charge < -0.3 is 20.8 Å². The van der Waals surface area contributed by atoms with E-state index < -0.39 is 24.6 Å². The molecule has 19 heavy (non-hydrogen) atoms. The van der Waals surface area contributed by atoms with E-state index in [1.54, 1.807) is 17.9 Å². The summed E-state index contributed by atoms with van der Waals surface area (Å²) in [5, 5.41) is 26.4. The maximum Gasteiger partial charge on any atom is 0.328 e. The minimum absolute atomic E-state index is 0.251. The molecule has 1 atom stereocenters. The van der Waals surface area contributed by atoms with Gasteiger partial charge in [-0.15, -0.1) is 0 Å². The quantitative estimate of drug-likeness (QED) is 0.541. The first-order valence-electron chi connectivity index (χ1n) is 5.87. The first-order valence-corrected chi connectivity index (χ1v) is 5.87. The molecule has 8 nitrogen and oxygen atoms in total. The van der Waals surface area contributed by atoms with Crippen molar-refractivity contribution in [1.82, 2.24) is 20.4 Å². The second kappa shape index (κ2) is 6.74. The van der Waals surface area contributed by atoms with E-state index in [1.165, 1.54) is 0 Å². The number of aliphatic carboxylic acids is 1. The van der Waals surface area contributed by atoms with Crippen LogP contribution < -0.4 is 10.6 Å². The highest BCUT2D eigenvalue weighted by Gasteiger charge is 2.18. The molecule has 0 aliphatic carbocycles. The van der Waals surface area contributed by atoms with Crippen LogP contribution in [0.2, 0.25) is 0 Å². The second-order valence-corrected chi connectivity index (χ2v) is 4.03. The molecule has 0 bridgehead atoms. The lowest BCUT2D eigenvalue weighted by molar-refractivity contribution is -0.140. The molecule has 1 heterocycles. The summed E-state index contributed by atoms with van der Waals surface area (Å²) >= 11 is 0. The largest absolute Gasteiger partial charge is 0.480 e. The third kappa shape index (κ3) is 4.25. The van der Waals surface area contributed by atoms with Crippen molar-refractivity contribution in [2.45, 2.75) is 25.9 Å². The predicted octanol–water partition coefficient (Wildman–Crippen LogP) is -0.773. The van der Waals surface area contributed by atoms with Crippen LogP contribution in [0.4, 0.5) is 4.79 Å². The van der Waals surface area contributed by atoms with Crippen LogP contribution in [0.5, 0.6) is 0 Å². The van der Waals surface area contributed by atoms with Gasteiger partial charge in [0.25, 0.3) is 0 Å². The van der Waals surface area contributed by atoms with Crippen molar-refractivity contribution in [2.75, 3.05) is 6.61 Å². The molecular weight excluding hydrogens is 252 g/mol. The van der Waals surface area contributed by atoms with Gasteiger partial charge in [0.2, 0.25) is 0 Å². The lowest BCUT2D eigenvalue weighted by atomic mass is 10.2. The standard InChI is InChI=1S/C11H18N4O4/c1-3-8-7(5-15(2)14-8)4-12-11(19)13-9(6-16)10(17)18/h5,9,16H,3-4,6H2,1-2H3,(H,17,18)(H2,12,13,19)/t9-/m1/s1. The van der Waals surface area contributed by atoms with E-state index in [-0.39, 0.29) is 6.54 Å². The molecule has 0 unspecified atom stereocenters. The Bertz CT molecular complexity index is 458. The van der Waals surface area contributed by atoms with Gasteiger partial charge in [-0.25, -0.2) is 9.59 Å². The Morgan fingerprint density at radius 2 is 2.21 bits per heavy atom. The van der Waals surface area contributed by atoms with Gasteiger partial charge >= 0.3 is 12.0 Å². The van der Waals surface area contributed by atoms with Crippen molar-refractivity contribution in [3.8, 4) is 0 Å². The molecule has 0 saturated carbocycles. The summed E-state index contributed by atoms with van der Waals surface area (Å²) in [6, 6.07) is -1.95. The number of aliphatic hydroxyl groups excluding tert-OH is 1. The number of nitrogens with zero attached hydrogens (tertiary/aromatic N) is 2. The minimum Gasteiger partial charge on any atom is -0.480 e. The molecule has 1 aromatic rings. The van der Waals surface area contributed by atoms with E-state index in [0.717, 1.165) is 17.7 Å². The van der Waals surface area contributed by atoms with Crippen molar-refractivity contribution in [3.05, 3.63) is 17.5 Å². The van der Waals surface area contributed by atoms with Gasteiger partial charge in [-0.05, 0) is 6.42 Å². The number of amides is 2. The van der Waals surface area contributed by atoms with Gasteiger partial charge in [-0.3, -0.25) is 4.68 Å². The molecule has 8 heteroatoms. The summed E-state index contributed by atoms with van der Waals surface area (Å²) < 4.78 is 1.65. The molecule has 2 amide bonds. The molecular formula is C11H18N4O4. The first-order chi connectivity index (χ1) is 8.97. The number of aromatic nitrogens is 2. The summed E-state index contributed by atoms with van der Waals surface area (Å²) in [4.78, 5) is 22.1. The first kappa shape index (κ1) is 15.0. The monoisotopic (exact) mass is 270 g/mol. The molecule has 0 aliphatic rings. The molecule has 0 radical (unpaired) electrons. The molecule has 106 valence electrons. The van der Waals surface area contributed by atoms with E-state index in [1.807, 2.05) is 6.92 Å². The Kier molecular flexibility index (Phi) is 5.31. The number of hydrogen-bond donors (Lipinski definition) is 4. The van der Waals surface area contributed by atoms with Crippen LogP contribution in [0.1, 0.15) is 18.2 Å². The van der Waals surface area contributed by atoms with Crippen LogP contribution >= 0.6 is 0 Å². The fourth-order valence-corrected chi connectivity index (χ4v) is 1.60. The minimum atomic E-state index is -1.31. The fraction of sp³-hybridized carbons (Fsp3) is 0.545. The summed E-state index contributed by atoms with van der Waals surface area (Å²) in [5.74, 6) is -1.28. The molecule has 0 aromatic carbocycles. The Morgan fingerprint density at radius 1 is 1.53 bits per heavy atom. The van der Waals surface area contributed by atoms with E-state index in [4.69, 9.17) is 10.2 Å². The Balaban J connectivity index is 2.52. The third-order valence-corrected chi connectivity index (χ3v) is 2.55. The summed E-state index contributed by atoms with van der Waals surface area (Å²) in [7, 11) is 1.79. The van der Waals surface area contributed by atoms with E-state index in [0.29, 0.717) is 0 Å². The highest BCUT2D eigenvalue weighted by molar-refractivity contribution is 5.82. The number of carboxylic acid groups (broad SMARTS) is 1. The van der Waals surface area contributed by atoms with Crippen LogP contribution in [0.15, 0.2) is 6.20 Å². The summed E-state index contributed by atoms with van der Waals surface area (Å²) in [6.45, 7) is 1.55. The normalized spacial score (nSPS) is 11.9. The number of carboxylic acids is 1. The maximum absolute atomic E-state index is 11.5. The van der Waals surface area contributed by atoms with Crippen molar-refractivity contribution >= 4 is 12.0 Å². The lowest BCUT2D eigenvalue weighted by Crippen LogP contribution is -2.47. The van der Waals surface area contributed by atoms with Crippen LogP contribution in [-0.4, -0.2) is 44.6 Å². The average molecular weight is 270 g/mol. The number of carbonyl (C=O) groups excluding carboxylic acids is 1. The van der Waals surface area contributed by atoms with Gasteiger partial charge in [-0.2, -0.15) is 5.10 Å². The topological polar surface area (TPSA) is 116 Å². The average Bonchev–Trinajstić information content (AvgIpc) is 2.73. The van der Waals surface area contributed by atoms with Crippen molar-refractivity contribution in [1.29, 1.82) is 0 Å². The number of nitrogens with one attached hydrogen (secondary N) is 2. The van der Waals surface area contributed by atoms with Gasteiger partial charge in [0, 0.05) is 25.4 Å². The van der Waals surface area contributed by atoms with Gasteiger partial charge in [-0.1, -0.05) is 6.92 Å². The number of aryl methyl sites for hydroxylation is 2. The van der Waals surface area contributed by atoms with Crippen LogP contribution in [0, 0.1) is 0 Å². The van der Waals surface area contributed by atoms with E-state index in [9.17, 15) is 9.59 Å². The van der Waals surface area contributed by atoms with Crippen LogP contribution in [0.25, 0.3) is 0 Å². The van der Waals surface area contributed by atoms with Gasteiger partial charge in [0.05, 0.1) is 12.3 Å². The molecule has 1 rings (SSSR count). The van der Waals surface area contributed by atoms with Crippen molar-refractivity contribution in [3.63, 3.8) is 0 Å². The third-order valence-electron chi connectivity index (χ3n) is 2.55. The fourth-order valence-electron chi connectivity index (χ4n) is 1.60. The smallest absolute Gasteiger partial charge is 0.328 e. The van der Waals surface area contributed by atoms with E-state index >= 15 is 0 Å². The highest BCUT2D eigenvalue weighted by atomic mass is 16.4. The molecule has 0 aliphatic heterocycles. The van der Waals surface area contributed by atoms with Crippen LogP contribution in [-0.2, 0) is 24.8 Å². The Hall–Kier alpha value is -2.09. The Morgan fingerprint density at radius 3 is 2.74 bits per heavy atom. The number of aliphatic hydroxyl groups is 1. The van der Waals surface area contributed by atoms with E-state index in [2.05, 4.69) is 15.7 Å². The zero-order chi connectivity index (χ0) is 14.4. The predicted molar refractivity (Wildman–Crippen MR) is 66.5 cm³/mol. The number of carbonyl (C=O) groups is 2.